The van der Waals surface area contributed by atoms with E-state index in [1.807, 2.05) is 42.8 Å². The Morgan fingerprint density at radius 2 is 1.90 bits per heavy atom. The minimum absolute atomic E-state index is 0.0891. The molecule has 4 aromatic rings. The largest absolute Gasteiger partial charge is 0.469 e. The number of nitrogens with zero attached hydrogens (tertiary/aromatic N) is 3. The molecule has 2 heterocycles. The Morgan fingerprint density at radius 1 is 1.07 bits per heavy atom. The third-order valence-electron chi connectivity index (χ3n) is 5.39. The number of hydrogen-bond donors (Lipinski definition) is 0. The second kappa shape index (κ2) is 7.04. The molecule has 6 heteroatoms. The molecule has 0 N–H and O–H groups in total. The highest BCUT2D eigenvalue weighted by Gasteiger charge is 2.20. The topological polar surface area (TPSA) is 60.9 Å². The third kappa shape index (κ3) is 3.09. The van der Waals surface area contributed by atoms with Crippen molar-refractivity contribution in [1.82, 2.24) is 14.8 Å². The first-order valence-corrected chi connectivity index (χ1v) is 10.4. The van der Waals surface area contributed by atoms with Crippen molar-refractivity contribution in [2.24, 2.45) is 7.05 Å². The molecule has 0 saturated heterocycles. The van der Waals surface area contributed by atoms with E-state index in [9.17, 15) is 4.79 Å². The molecule has 0 fully saturated rings. The quantitative estimate of drug-likeness (QED) is 0.309. The number of hydrogen-bond acceptors (Lipinski definition) is 5. The summed E-state index contributed by atoms with van der Waals surface area (Å²) in [6, 6.07) is 16.3. The molecule has 1 aliphatic rings. The molecule has 0 spiro atoms. The van der Waals surface area contributed by atoms with Crippen LogP contribution >= 0.6 is 11.8 Å². The van der Waals surface area contributed by atoms with Crippen LogP contribution in [0, 0.1) is 6.92 Å². The molecule has 0 radical (unpaired) electrons. The molecule has 0 amide bonds. The molecule has 0 bridgehead atoms. The van der Waals surface area contributed by atoms with E-state index >= 15 is 0 Å². The third-order valence-corrected chi connectivity index (χ3v) is 6.41. The van der Waals surface area contributed by atoms with Gasteiger partial charge >= 0.3 is 0 Å². The van der Waals surface area contributed by atoms with Gasteiger partial charge in [-0.05, 0) is 47.7 Å². The highest BCUT2D eigenvalue weighted by molar-refractivity contribution is 7.99. The number of thioether (sulfide) groups is 1. The Bertz CT molecular complexity index is 1240. The fraction of sp³-hybridized carbons (Fsp3) is 0.174. The zero-order chi connectivity index (χ0) is 20.0. The van der Waals surface area contributed by atoms with Gasteiger partial charge < -0.3 is 8.98 Å². The normalized spacial score (nSPS) is 12.1. The first-order chi connectivity index (χ1) is 14.1. The summed E-state index contributed by atoms with van der Waals surface area (Å²) in [5.74, 6) is 1.94. The maximum absolute atomic E-state index is 12.8. The summed E-state index contributed by atoms with van der Waals surface area (Å²) in [4.78, 5) is 12.8. The maximum Gasteiger partial charge on any atom is 0.191 e. The second-order valence-electron chi connectivity index (χ2n) is 7.17. The average Bonchev–Trinajstić information content (AvgIpc) is 3.42. The van der Waals surface area contributed by atoms with E-state index < -0.39 is 0 Å². The summed E-state index contributed by atoms with van der Waals surface area (Å²) in [6.45, 7) is 1.90. The van der Waals surface area contributed by atoms with Gasteiger partial charge in [-0.2, -0.15) is 0 Å². The number of ketones is 1. The van der Waals surface area contributed by atoms with Gasteiger partial charge in [0.25, 0.3) is 0 Å². The van der Waals surface area contributed by atoms with Gasteiger partial charge in [0, 0.05) is 12.6 Å². The standard InChI is InChI=1S/C23H19N3O2S/c1-14-18(9-10-28-14)22-24-25-23(26(22)2)29-13-21(27)17-8-7-16-11-15-5-3-4-6-19(15)20(16)12-17/h3-10,12H,11,13H2,1-2H3. The number of Topliss-reactive ketones (excluding diaryl/α,β-unsaturated/α-hetero) is 1. The Balaban J connectivity index is 1.34. The van der Waals surface area contributed by atoms with Gasteiger partial charge in [0.1, 0.15) is 5.76 Å². The van der Waals surface area contributed by atoms with Gasteiger partial charge in [-0.1, -0.05) is 48.2 Å². The Kier molecular flexibility index (Phi) is 4.36. The summed E-state index contributed by atoms with van der Waals surface area (Å²) in [7, 11) is 1.90. The zero-order valence-electron chi connectivity index (χ0n) is 16.2. The van der Waals surface area contributed by atoms with Crippen LogP contribution < -0.4 is 0 Å². The summed E-state index contributed by atoms with van der Waals surface area (Å²) >= 11 is 1.40. The van der Waals surface area contributed by atoms with Crippen LogP contribution in [-0.4, -0.2) is 26.3 Å². The lowest BCUT2D eigenvalue weighted by Crippen LogP contribution is -2.04. The molecule has 0 aliphatic heterocycles. The van der Waals surface area contributed by atoms with Crippen molar-refractivity contribution in [2.75, 3.05) is 5.75 Å². The number of aromatic nitrogens is 3. The van der Waals surface area contributed by atoms with Gasteiger partial charge in [0.2, 0.25) is 0 Å². The summed E-state index contributed by atoms with van der Waals surface area (Å²) in [5.41, 5.74) is 6.66. The van der Waals surface area contributed by atoms with Crippen LogP contribution in [0.15, 0.2) is 64.4 Å². The van der Waals surface area contributed by atoms with E-state index in [4.69, 9.17) is 4.42 Å². The van der Waals surface area contributed by atoms with Crippen LogP contribution in [0.1, 0.15) is 27.2 Å². The minimum atomic E-state index is 0.0891. The molecule has 29 heavy (non-hydrogen) atoms. The van der Waals surface area contributed by atoms with Crippen molar-refractivity contribution >= 4 is 17.5 Å². The number of carbonyl (C=O) groups is 1. The molecule has 0 atom stereocenters. The van der Waals surface area contributed by atoms with Crippen molar-refractivity contribution in [3.63, 3.8) is 0 Å². The average molecular weight is 401 g/mol. The second-order valence-corrected chi connectivity index (χ2v) is 8.12. The van der Waals surface area contributed by atoms with E-state index in [2.05, 4.69) is 34.5 Å². The molecule has 144 valence electrons. The van der Waals surface area contributed by atoms with Crippen LogP contribution in [0.3, 0.4) is 0 Å². The van der Waals surface area contributed by atoms with E-state index in [0.29, 0.717) is 10.9 Å². The number of rotatable bonds is 5. The molecule has 5 nitrogen and oxygen atoms in total. The van der Waals surface area contributed by atoms with Crippen LogP contribution in [0.4, 0.5) is 0 Å². The minimum Gasteiger partial charge on any atom is -0.469 e. The van der Waals surface area contributed by atoms with Crippen molar-refractivity contribution in [2.45, 2.75) is 18.5 Å². The van der Waals surface area contributed by atoms with Crippen molar-refractivity contribution in [3.05, 3.63) is 77.2 Å². The van der Waals surface area contributed by atoms with Gasteiger partial charge in [-0.15, -0.1) is 10.2 Å². The van der Waals surface area contributed by atoms with E-state index in [1.54, 1.807) is 6.26 Å². The smallest absolute Gasteiger partial charge is 0.191 e. The number of furan rings is 1. The molecule has 1 aliphatic carbocycles. The number of carbonyl (C=O) groups excluding carboxylic acids is 1. The highest BCUT2D eigenvalue weighted by atomic mass is 32.2. The lowest BCUT2D eigenvalue weighted by atomic mass is 10.0. The SMILES string of the molecule is Cc1occc1-c1nnc(SCC(=O)c2ccc3c(c2)-c2ccccc2C3)n1C. The van der Waals surface area contributed by atoms with Crippen molar-refractivity contribution < 1.29 is 9.21 Å². The first-order valence-electron chi connectivity index (χ1n) is 9.43. The van der Waals surface area contributed by atoms with Gasteiger partial charge in [-0.3, -0.25) is 4.79 Å². The molecule has 0 saturated carbocycles. The Hall–Kier alpha value is -3.12. The summed E-state index contributed by atoms with van der Waals surface area (Å²) < 4.78 is 7.26. The summed E-state index contributed by atoms with van der Waals surface area (Å²) in [5, 5.41) is 9.22. The Labute approximate surface area is 172 Å². The molecular weight excluding hydrogens is 382 g/mol. The van der Waals surface area contributed by atoms with E-state index in [-0.39, 0.29) is 5.78 Å². The molecule has 0 unspecified atom stereocenters. The predicted molar refractivity (Wildman–Crippen MR) is 113 cm³/mol. The number of fused-ring (bicyclic) bond motifs is 3. The Morgan fingerprint density at radius 3 is 2.72 bits per heavy atom. The first kappa shape index (κ1) is 17.9. The maximum atomic E-state index is 12.8. The van der Waals surface area contributed by atoms with Gasteiger partial charge in [0.15, 0.2) is 16.8 Å². The predicted octanol–water partition coefficient (Wildman–Crippen LogP) is 4.93. The lowest BCUT2D eigenvalue weighted by molar-refractivity contribution is 0.102. The lowest BCUT2D eigenvalue weighted by Gasteiger charge is -2.06. The highest BCUT2D eigenvalue weighted by Crippen LogP contribution is 2.37. The van der Waals surface area contributed by atoms with Crippen LogP contribution in [0.5, 0.6) is 0 Å². The molecule has 2 aromatic carbocycles. The molecule has 5 rings (SSSR count). The monoisotopic (exact) mass is 401 g/mol. The van der Waals surface area contributed by atoms with Gasteiger partial charge in [0.05, 0.1) is 17.6 Å². The van der Waals surface area contributed by atoms with Gasteiger partial charge in [-0.25, -0.2) is 0 Å². The van der Waals surface area contributed by atoms with Crippen molar-refractivity contribution in [3.8, 4) is 22.5 Å². The number of aryl methyl sites for hydroxylation is 1. The van der Waals surface area contributed by atoms with Crippen LogP contribution in [-0.2, 0) is 13.5 Å². The molecule has 2 aromatic heterocycles. The van der Waals surface area contributed by atoms with Crippen LogP contribution in [0.2, 0.25) is 0 Å². The fourth-order valence-corrected chi connectivity index (χ4v) is 4.61. The van der Waals surface area contributed by atoms with E-state index in [0.717, 1.165) is 29.1 Å². The van der Waals surface area contributed by atoms with Crippen LogP contribution in [0.25, 0.3) is 22.5 Å². The summed E-state index contributed by atoms with van der Waals surface area (Å²) in [6.07, 6.45) is 2.57. The fourth-order valence-electron chi connectivity index (χ4n) is 3.80. The number of benzene rings is 2. The van der Waals surface area contributed by atoms with E-state index in [1.165, 1.54) is 34.0 Å². The van der Waals surface area contributed by atoms with Crippen molar-refractivity contribution in [1.29, 1.82) is 0 Å². The zero-order valence-corrected chi connectivity index (χ0v) is 17.0. The molecular formula is C23H19N3O2S.